The predicted molar refractivity (Wildman–Crippen MR) is 86.1 cm³/mol. The maximum atomic E-state index is 12.5. The lowest BCUT2D eigenvalue weighted by molar-refractivity contribution is 0.0911. The lowest BCUT2D eigenvalue weighted by atomic mass is 9.93. The molecule has 5 nitrogen and oxygen atoms in total. The largest absolute Gasteiger partial charge is 0.497 e. The number of benzene rings is 2. The topological polar surface area (TPSA) is 56.8 Å². The Morgan fingerprint density at radius 2 is 1.78 bits per heavy atom. The predicted octanol–water partition coefficient (Wildman–Crippen LogP) is 3.09. The van der Waals surface area contributed by atoms with Crippen molar-refractivity contribution in [2.75, 3.05) is 13.9 Å². The van der Waals surface area contributed by atoms with Crippen LogP contribution < -0.4 is 19.5 Å². The highest BCUT2D eigenvalue weighted by Crippen LogP contribution is 2.32. The summed E-state index contributed by atoms with van der Waals surface area (Å²) in [5.41, 5.74) is 1.02. The summed E-state index contributed by atoms with van der Waals surface area (Å²) in [5, 5.41) is 3.04. The maximum Gasteiger partial charge on any atom is 0.252 e. The fourth-order valence-electron chi connectivity index (χ4n) is 2.47. The SMILES string of the molecule is COc1ccc(C(C)(C)NC(=O)c2ccc3c(c2)OCO3)cc1. The first-order valence-corrected chi connectivity index (χ1v) is 7.36. The summed E-state index contributed by atoms with van der Waals surface area (Å²) in [7, 11) is 1.63. The molecule has 0 saturated heterocycles. The molecule has 1 aliphatic heterocycles. The number of fused-ring (bicyclic) bond motifs is 1. The van der Waals surface area contributed by atoms with Gasteiger partial charge in [0.25, 0.3) is 5.91 Å². The van der Waals surface area contributed by atoms with Crippen LogP contribution in [0.5, 0.6) is 17.2 Å². The van der Waals surface area contributed by atoms with Gasteiger partial charge in [0.1, 0.15) is 5.75 Å². The summed E-state index contributed by atoms with van der Waals surface area (Å²) in [6.07, 6.45) is 0. The van der Waals surface area contributed by atoms with Crippen molar-refractivity contribution in [2.45, 2.75) is 19.4 Å². The van der Waals surface area contributed by atoms with Gasteiger partial charge in [-0.3, -0.25) is 4.79 Å². The molecule has 0 aliphatic carbocycles. The zero-order valence-corrected chi connectivity index (χ0v) is 13.4. The van der Waals surface area contributed by atoms with Crippen LogP contribution in [-0.4, -0.2) is 19.8 Å². The lowest BCUT2D eigenvalue weighted by Gasteiger charge is -2.27. The van der Waals surface area contributed by atoms with Crippen molar-refractivity contribution in [3.63, 3.8) is 0 Å². The van der Waals surface area contributed by atoms with Gasteiger partial charge in [0.2, 0.25) is 6.79 Å². The highest BCUT2D eigenvalue weighted by atomic mass is 16.7. The highest BCUT2D eigenvalue weighted by molar-refractivity contribution is 5.95. The van der Waals surface area contributed by atoms with Gasteiger partial charge >= 0.3 is 0 Å². The third-order valence-corrected chi connectivity index (χ3v) is 3.87. The van der Waals surface area contributed by atoms with E-state index in [1.807, 2.05) is 38.1 Å². The van der Waals surface area contributed by atoms with Crippen LogP contribution in [0.3, 0.4) is 0 Å². The van der Waals surface area contributed by atoms with E-state index in [1.54, 1.807) is 25.3 Å². The third kappa shape index (κ3) is 3.08. The van der Waals surface area contributed by atoms with Crippen LogP contribution in [-0.2, 0) is 5.54 Å². The first-order valence-electron chi connectivity index (χ1n) is 7.36. The van der Waals surface area contributed by atoms with Gasteiger partial charge in [-0.15, -0.1) is 0 Å². The molecule has 120 valence electrons. The van der Waals surface area contributed by atoms with E-state index in [-0.39, 0.29) is 12.7 Å². The first-order chi connectivity index (χ1) is 11.0. The fourth-order valence-corrected chi connectivity index (χ4v) is 2.47. The van der Waals surface area contributed by atoms with Crippen molar-refractivity contribution >= 4 is 5.91 Å². The van der Waals surface area contributed by atoms with Crippen LogP contribution in [0.15, 0.2) is 42.5 Å². The number of hydrogen-bond acceptors (Lipinski definition) is 4. The molecule has 5 heteroatoms. The number of rotatable bonds is 4. The van der Waals surface area contributed by atoms with Gasteiger partial charge in [-0.25, -0.2) is 0 Å². The van der Waals surface area contributed by atoms with Crippen molar-refractivity contribution in [1.82, 2.24) is 5.32 Å². The standard InChI is InChI=1S/C18H19NO4/c1-18(2,13-5-7-14(21-3)8-6-13)19-17(20)12-4-9-15-16(10-12)23-11-22-15/h4-10H,11H2,1-3H3,(H,19,20). The van der Waals surface area contributed by atoms with Gasteiger partial charge in [0.05, 0.1) is 12.6 Å². The minimum Gasteiger partial charge on any atom is -0.497 e. The molecule has 3 rings (SSSR count). The fraction of sp³-hybridized carbons (Fsp3) is 0.278. The molecule has 0 spiro atoms. The quantitative estimate of drug-likeness (QED) is 0.942. The molecule has 0 radical (unpaired) electrons. The summed E-state index contributed by atoms with van der Waals surface area (Å²) in [5.74, 6) is 1.88. The number of hydrogen-bond donors (Lipinski definition) is 1. The molecule has 0 atom stereocenters. The first kappa shape index (κ1) is 15.2. The van der Waals surface area contributed by atoms with E-state index >= 15 is 0 Å². The Morgan fingerprint density at radius 3 is 2.48 bits per heavy atom. The van der Waals surface area contributed by atoms with E-state index < -0.39 is 5.54 Å². The Hall–Kier alpha value is -2.69. The van der Waals surface area contributed by atoms with Crippen LogP contribution >= 0.6 is 0 Å². The molecule has 0 unspecified atom stereocenters. The van der Waals surface area contributed by atoms with Crippen LogP contribution in [0.1, 0.15) is 29.8 Å². The molecule has 0 saturated carbocycles. The number of carbonyl (C=O) groups excluding carboxylic acids is 1. The van der Waals surface area contributed by atoms with Gasteiger partial charge in [-0.05, 0) is 49.7 Å². The minimum absolute atomic E-state index is 0.163. The zero-order chi connectivity index (χ0) is 16.4. The van der Waals surface area contributed by atoms with Crippen molar-refractivity contribution in [1.29, 1.82) is 0 Å². The smallest absolute Gasteiger partial charge is 0.252 e. The molecule has 0 bridgehead atoms. The molecule has 1 heterocycles. The van der Waals surface area contributed by atoms with E-state index in [4.69, 9.17) is 14.2 Å². The highest BCUT2D eigenvalue weighted by Gasteiger charge is 2.24. The van der Waals surface area contributed by atoms with Crippen LogP contribution in [0.4, 0.5) is 0 Å². The molecule has 1 N–H and O–H groups in total. The summed E-state index contributed by atoms with van der Waals surface area (Å²) in [6.45, 7) is 4.11. The zero-order valence-electron chi connectivity index (χ0n) is 13.4. The lowest BCUT2D eigenvalue weighted by Crippen LogP contribution is -2.40. The summed E-state index contributed by atoms with van der Waals surface area (Å²) < 4.78 is 15.7. The van der Waals surface area contributed by atoms with Crippen molar-refractivity contribution < 1.29 is 19.0 Å². The van der Waals surface area contributed by atoms with Crippen LogP contribution in [0, 0.1) is 0 Å². The molecule has 1 amide bonds. The number of methoxy groups -OCH3 is 1. The van der Waals surface area contributed by atoms with Crippen molar-refractivity contribution in [2.24, 2.45) is 0 Å². The third-order valence-electron chi connectivity index (χ3n) is 3.87. The Balaban J connectivity index is 1.77. The van der Waals surface area contributed by atoms with Crippen molar-refractivity contribution in [3.05, 3.63) is 53.6 Å². The Kier molecular flexibility index (Phi) is 3.86. The van der Waals surface area contributed by atoms with E-state index in [1.165, 1.54) is 0 Å². The number of nitrogens with one attached hydrogen (secondary N) is 1. The minimum atomic E-state index is -0.514. The molecule has 1 aliphatic rings. The summed E-state index contributed by atoms with van der Waals surface area (Å²) >= 11 is 0. The summed E-state index contributed by atoms with van der Waals surface area (Å²) in [6, 6.07) is 12.8. The molecular formula is C18H19NO4. The Morgan fingerprint density at radius 1 is 1.09 bits per heavy atom. The van der Waals surface area contributed by atoms with Gasteiger partial charge in [-0.2, -0.15) is 0 Å². The Labute approximate surface area is 135 Å². The molecule has 23 heavy (non-hydrogen) atoms. The number of carbonyl (C=O) groups is 1. The molecule has 2 aromatic carbocycles. The average molecular weight is 313 g/mol. The maximum absolute atomic E-state index is 12.5. The van der Waals surface area contributed by atoms with Crippen molar-refractivity contribution in [3.8, 4) is 17.2 Å². The number of amides is 1. The number of ether oxygens (including phenoxy) is 3. The normalized spacial score (nSPS) is 12.8. The molecular weight excluding hydrogens is 294 g/mol. The second-order valence-corrected chi connectivity index (χ2v) is 5.88. The van der Waals surface area contributed by atoms with Gasteiger partial charge in [-0.1, -0.05) is 12.1 Å². The second-order valence-electron chi connectivity index (χ2n) is 5.88. The summed E-state index contributed by atoms with van der Waals surface area (Å²) in [4.78, 5) is 12.5. The van der Waals surface area contributed by atoms with E-state index in [2.05, 4.69) is 5.32 Å². The van der Waals surface area contributed by atoms with E-state index in [0.717, 1.165) is 11.3 Å². The van der Waals surface area contributed by atoms with Gasteiger partial charge < -0.3 is 19.5 Å². The van der Waals surface area contributed by atoms with E-state index in [9.17, 15) is 4.79 Å². The van der Waals surface area contributed by atoms with E-state index in [0.29, 0.717) is 17.1 Å². The monoisotopic (exact) mass is 313 g/mol. The molecule has 0 aromatic heterocycles. The second kappa shape index (κ2) is 5.83. The van der Waals surface area contributed by atoms with Gasteiger partial charge in [0, 0.05) is 5.56 Å². The molecule has 2 aromatic rings. The average Bonchev–Trinajstić information content (AvgIpc) is 3.02. The van der Waals surface area contributed by atoms with Crippen LogP contribution in [0.2, 0.25) is 0 Å². The molecule has 0 fully saturated rings. The van der Waals surface area contributed by atoms with Gasteiger partial charge in [0.15, 0.2) is 11.5 Å². The van der Waals surface area contributed by atoms with Crippen LogP contribution in [0.25, 0.3) is 0 Å². The Bertz CT molecular complexity index is 722.